The van der Waals surface area contributed by atoms with Gasteiger partial charge in [-0.2, -0.15) is 0 Å². The summed E-state index contributed by atoms with van der Waals surface area (Å²) < 4.78 is 0. The Hall–Kier alpha value is -8.26. The van der Waals surface area contributed by atoms with Crippen molar-refractivity contribution in [2.24, 2.45) is 0 Å². The lowest BCUT2D eigenvalue weighted by molar-refractivity contribution is 1.28. The summed E-state index contributed by atoms with van der Waals surface area (Å²) in [5, 5.41) is 5.05. The van der Waals surface area contributed by atoms with E-state index in [0.29, 0.717) is 0 Å². The summed E-state index contributed by atoms with van der Waals surface area (Å²) in [7, 11) is 0. The summed E-state index contributed by atoms with van der Waals surface area (Å²) in [5.41, 5.74) is 17.5. The van der Waals surface area contributed by atoms with Crippen LogP contribution in [0.25, 0.3) is 88.3 Å². The first-order valence-corrected chi connectivity index (χ1v) is 21.7. The number of para-hydroxylation sites is 1. The number of anilines is 3. The van der Waals surface area contributed by atoms with Crippen LogP contribution in [0.1, 0.15) is 0 Å². The third-order valence-electron chi connectivity index (χ3n) is 12.2. The molecule has 0 atom stereocenters. The van der Waals surface area contributed by atoms with Crippen molar-refractivity contribution >= 4 is 38.6 Å². The lowest BCUT2D eigenvalue weighted by Gasteiger charge is -2.29. The van der Waals surface area contributed by atoms with E-state index in [-0.39, 0.29) is 0 Å². The molecule has 11 rings (SSSR count). The summed E-state index contributed by atoms with van der Waals surface area (Å²) in [6.07, 6.45) is 0. The van der Waals surface area contributed by atoms with E-state index in [0.717, 1.165) is 39.3 Å². The maximum absolute atomic E-state index is 2.40. The summed E-state index contributed by atoms with van der Waals surface area (Å²) >= 11 is 0. The monoisotopic (exact) mass is 801 g/mol. The Morgan fingerprint density at radius 3 is 1.22 bits per heavy atom. The maximum atomic E-state index is 2.40. The zero-order chi connectivity index (χ0) is 42.0. The summed E-state index contributed by atoms with van der Waals surface area (Å²) in [6.45, 7) is 0. The van der Waals surface area contributed by atoms with Crippen LogP contribution in [0.2, 0.25) is 0 Å². The van der Waals surface area contributed by atoms with Crippen LogP contribution in [0.4, 0.5) is 17.1 Å². The molecule has 1 nitrogen and oxygen atoms in total. The average Bonchev–Trinajstić information content (AvgIpc) is 3.37. The fourth-order valence-electron chi connectivity index (χ4n) is 9.26. The van der Waals surface area contributed by atoms with Gasteiger partial charge in [-0.3, -0.25) is 0 Å². The van der Waals surface area contributed by atoms with Gasteiger partial charge >= 0.3 is 0 Å². The molecule has 0 aliphatic carbocycles. The molecule has 63 heavy (non-hydrogen) atoms. The van der Waals surface area contributed by atoms with Gasteiger partial charge in [0, 0.05) is 16.9 Å². The summed E-state index contributed by atoms with van der Waals surface area (Å²) in [5.74, 6) is 0. The smallest absolute Gasteiger partial charge is 0.0540 e. The van der Waals surface area contributed by atoms with Crippen molar-refractivity contribution in [3.8, 4) is 66.8 Å². The number of rotatable bonds is 9. The standard InChI is InChI=1S/C62H43N/c1-6-20-44(21-7-1)58-40-49(51-42-59(45-22-8-2-9-23-45)62(48-26-12-4-13-27-48)60(43-51)46-24-10-3-11-25-46)36-39-61(58)63(52-29-14-5-15-30-52)53-37-34-47(35-38-53)57-41-50-28-16-17-31-54(50)55-32-18-19-33-56(55)57/h1-43H. The largest absolute Gasteiger partial charge is 0.310 e. The van der Waals surface area contributed by atoms with Gasteiger partial charge < -0.3 is 4.90 Å². The van der Waals surface area contributed by atoms with Crippen molar-refractivity contribution in [1.29, 1.82) is 0 Å². The topological polar surface area (TPSA) is 3.24 Å². The van der Waals surface area contributed by atoms with Crippen LogP contribution < -0.4 is 4.90 Å². The van der Waals surface area contributed by atoms with Crippen molar-refractivity contribution in [2.45, 2.75) is 0 Å². The SMILES string of the molecule is c1ccc(-c2cc(-c3cc(-c4ccccc4)c(-c4ccccc4)c(-c4ccccc4)c3)ccc2N(c2ccccc2)c2ccc(-c3cc4ccccc4c4ccccc34)cc2)cc1. The number of nitrogens with zero attached hydrogens (tertiary/aromatic N) is 1. The third-order valence-corrected chi connectivity index (χ3v) is 12.2. The molecule has 11 aromatic rings. The quantitative estimate of drug-likeness (QED) is 0.131. The molecule has 11 aromatic carbocycles. The van der Waals surface area contributed by atoms with Gasteiger partial charge in [-0.05, 0) is 137 Å². The molecule has 0 aliphatic rings. The Labute approximate surface area is 369 Å². The Morgan fingerprint density at radius 2 is 0.635 bits per heavy atom. The molecule has 0 amide bonds. The summed E-state index contributed by atoms with van der Waals surface area (Å²) in [6, 6.07) is 94.7. The third kappa shape index (κ3) is 7.26. The van der Waals surface area contributed by atoms with Crippen LogP contribution in [0.15, 0.2) is 261 Å². The summed E-state index contributed by atoms with van der Waals surface area (Å²) in [4.78, 5) is 2.40. The van der Waals surface area contributed by atoms with Crippen molar-refractivity contribution in [3.05, 3.63) is 261 Å². The van der Waals surface area contributed by atoms with E-state index < -0.39 is 0 Å². The molecule has 0 saturated carbocycles. The minimum absolute atomic E-state index is 1.09. The molecule has 0 aromatic heterocycles. The minimum Gasteiger partial charge on any atom is -0.310 e. The van der Waals surface area contributed by atoms with E-state index in [2.05, 4.69) is 266 Å². The fourth-order valence-corrected chi connectivity index (χ4v) is 9.26. The maximum Gasteiger partial charge on any atom is 0.0540 e. The van der Waals surface area contributed by atoms with Crippen LogP contribution in [-0.2, 0) is 0 Å². The van der Waals surface area contributed by atoms with E-state index in [1.165, 1.54) is 66.1 Å². The fraction of sp³-hybridized carbons (Fsp3) is 0. The molecule has 0 N–H and O–H groups in total. The average molecular weight is 802 g/mol. The van der Waals surface area contributed by atoms with Gasteiger partial charge in [0.15, 0.2) is 0 Å². The van der Waals surface area contributed by atoms with Crippen LogP contribution in [-0.4, -0.2) is 0 Å². The highest BCUT2D eigenvalue weighted by Gasteiger charge is 2.21. The second kappa shape index (κ2) is 16.7. The molecule has 0 bridgehead atoms. The van der Waals surface area contributed by atoms with Crippen LogP contribution in [0.5, 0.6) is 0 Å². The molecule has 0 unspecified atom stereocenters. The lowest BCUT2D eigenvalue weighted by Crippen LogP contribution is -2.11. The molecule has 0 aliphatic heterocycles. The second-order valence-electron chi connectivity index (χ2n) is 16.1. The number of benzene rings is 11. The zero-order valence-electron chi connectivity index (χ0n) is 34.8. The van der Waals surface area contributed by atoms with Gasteiger partial charge in [-0.15, -0.1) is 0 Å². The van der Waals surface area contributed by atoms with E-state index >= 15 is 0 Å². The van der Waals surface area contributed by atoms with Gasteiger partial charge in [0.2, 0.25) is 0 Å². The van der Waals surface area contributed by atoms with Gasteiger partial charge in [-0.1, -0.05) is 206 Å². The van der Waals surface area contributed by atoms with Gasteiger partial charge in [-0.25, -0.2) is 0 Å². The Balaban J connectivity index is 1.10. The zero-order valence-corrected chi connectivity index (χ0v) is 34.8. The van der Waals surface area contributed by atoms with E-state index in [4.69, 9.17) is 0 Å². The predicted octanol–water partition coefficient (Wildman–Crippen LogP) is 17.5. The molecule has 0 spiro atoms. The van der Waals surface area contributed by atoms with Crippen LogP contribution in [0.3, 0.4) is 0 Å². The van der Waals surface area contributed by atoms with Crippen molar-refractivity contribution in [3.63, 3.8) is 0 Å². The van der Waals surface area contributed by atoms with Crippen LogP contribution in [0, 0.1) is 0 Å². The first-order chi connectivity index (χ1) is 31.3. The molecular weight excluding hydrogens is 759 g/mol. The first-order valence-electron chi connectivity index (χ1n) is 21.7. The van der Waals surface area contributed by atoms with E-state index in [1.807, 2.05) is 0 Å². The Bertz CT molecular complexity index is 3280. The van der Waals surface area contributed by atoms with E-state index in [1.54, 1.807) is 0 Å². The molecule has 0 saturated heterocycles. The van der Waals surface area contributed by atoms with Crippen molar-refractivity contribution < 1.29 is 0 Å². The van der Waals surface area contributed by atoms with Gasteiger partial charge in [0.05, 0.1) is 5.69 Å². The first kappa shape index (κ1) is 37.7. The number of fused-ring (bicyclic) bond motifs is 3. The molecule has 0 radical (unpaired) electrons. The van der Waals surface area contributed by atoms with Crippen molar-refractivity contribution in [1.82, 2.24) is 0 Å². The highest BCUT2D eigenvalue weighted by molar-refractivity contribution is 6.14. The van der Waals surface area contributed by atoms with E-state index in [9.17, 15) is 0 Å². The predicted molar refractivity (Wildman–Crippen MR) is 269 cm³/mol. The van der Waals surface area contributed by atoms with Gasteiger partial charge in [0.1, 0.15) is 0 Å². The normalized spacial score (nSPS) is 11.2. The van der Waals surface area contributed by atoms with Crippen LogP contribution >= 0.6 is 0 Å². The Morgan fingerprint density at radius 1 is 0.222 bits per heavy atom. The number of hydrogen-bond donors (Lipinski definition) is 0. The minimum atomic E-state index is 1.09. The molecule has 0 heterocycles. The Kier molecular flexibility index (Phi) is 9.97. The number of hydrogen-bond acceptors (Lipinski definition) is 1. The molecular formula is C62H43N. The highest BCUT2D eigenvalue weighted by atomic mass is 15.1. The lowest BCUT2D eigenvalue weighted by atomic mass is 9.84. The molecule has 0 fully saturated rings. The molecule has 296 valence electrons. The highest BCUT2D eigenvalue weighted by Crippen LogP contribution is 2.47. The van der Waals surface area contributed by atoms with Crippen molar-refractivity contribution in [2.75, 3.05) is 4.90 Å². The van der Waals surface area contributed by atoms with Gasteiger partial charge in [0.25, 0.3) is 0 Å². The molecule has 1 heteroatoms. The second-order valence-corrected chi connectivity index (χ2v) is 16.1.